The van der Waals surface area contributed by atoms with Gasteiger partial charge in [0.05, 0.1) is 0 Å². The highest BCUT2D eigenvalue weighted by molar-refractivity contribution is 5.83. The van der Waals surface area contributed by atoms with Crippen molar-refractivity contribution in [3.05, 3.63) is 30.0 Å². The second-order valence-electron chi connectivity index (χ2n) is 3.17. The lowest BCUT2D eigenvalue weighted by Crippen LogP contribution is -2.10. The molecule has 3 nitrogen and oxygen atoms in total. The molecule has 0 amide bonds. The molecule has 0 aliphatic rings. The third-order valence-corrected chi connectivity index (χ3v) is 2.01. The van der Waals surface area contributed by atoms with Crippen LogP contribution >= 0.6 is 0 Å². The van der Waals surface area contributed by atoms with Gasteiger partial charge in [0, 0.05) is 11.9 Å². The van der Waals surface area contributed by atoms with Crippen LogP contribution in [0.25, 0.3) is 11.0 Å². The molecule has 0 unspecified atom stereocenters. The summed E-state index contributed by atoms with van der Waals surface area (Å²) in [5, 5.41) is 1.07. The Morgan fingerprint density at radius 1 is 1.43 bits per heavy atom. The Hall–Kier alpha value is -1.48. The summed E-state index contributed by atoms with van der Waals surface area (Å²) in [6.45, 7) is 2.95. The molecule has 0 saturated heterocycles. The van der Waals surface area contributed by atoms with Gasteiger partial charge in [-0.1, -0.05) is 12.1 Å². The fourth-order valence-electron chi connectivity index (χ4n) is 1.45. The number of aryl methyl sites for hydroxylation is 1. The van der Waals surface area contributed by atoms with E-state index >= 15 is 0 Å². The summed E-state index contributed by atoms with van der Waals surface area (Å²) >= 11 is 0. The molecule has 1 aromatic carbocycles. The highest BCUT2D eigenvalue weighted by Crippen LogP contribution is 2.28. The van der Waals surface area contributed by atoms with Crippen molar-refractivity contribution in [2.75, 3.05) is 13.2 Å². The van der Waals surface area contributed by atoms with Gasteiger partial charge >= 0.3 is 0 Å². The number of nitrogens with two attached hydrogens (primary N) is 1. The molecule has 0 aliphatic carbocycles. The van der Waals surface area contributed by atoms with E-state index < -0.39 is 0 Å². The van der Waals surface area contributed by atoms with Crippen molar-refractivity contribution in [2.24, 2.45) is 5.73 Å². The van der Waals surface area contributed by atoms with Crippen LogP contribution in [0.15, 0.2) is 28.7 Å². The van der Waals surface area contributed by atoms with Gasteiger partial charge in [-0.25, -0.2) is 0 Å². The molecule has 0 saturated carbocycles. The Labute approximate surface area is 82.5 Å². The first-order chi connectivity index (χ1) is 6.81. The number of hydrogen-bond donors (Lipinski definition) is 1. The summed E-state index contributed by atoms with van der Waals surface area (Å²) in [6.07, 6.45) is 0. The van der Waals surface area contributed by atoms with Crippen molar-refractivity contribution in [1.29, 1.82) is 0 Å². The molecule has 3 heteroatoms. The Kier molecular flexibility index (Phi) is 2.41. The first-order valence-corrected chi connectivity index (χ1v) is 4.63. The molecular weight excluding hydrogens is 178 g/mol. The predicted octanol–water partition coefficient (Wildman–Crippen LogP) is 2.08. The van der Waals surface area contributed by atoms with Crippen LogP contribution < -0.4 is 10.5 Å². The van der Waals surface area contributed by atoms with E-state index in [0.717, 1.165) is 22.5 Å². The third kappa shape index (κ3) is 1.59. The molecule has 0 fully saturated rings. The van der Waals surface area contributed by atoms with E-state index in [1.807, 2.05) is 31.2 Å². The van der Waals surface area contributed by atoms with Gasteiger partial charge in [-0.2, -0.15) is 0 Å². The minimum atomic E-state index is 0.510. The van der Waals surface area contributed by atoms with Crippen molar-refractivity contribution in [2.45, 2.75) is 6.92 Å². The Morgan fingerprint density at radius 2 is 2.29 bits per heavy atom. The quantitative estimate of drug-likeness (QED) is 0.808. The standard InChI is InChI=1S/C11H13NO2/c1-8-7-9-3-2-4-10(11(9)14-8)13-6-5-12/h2-4,7H,5-6,12H2,1H3. The molecule has 0 spiro atoms. The first-order valence-electron chi connectivity index (χ1n) is 4.63. The molecule has 1 aromatic heterocycles. The minimum Gasteiger partial charge on any atom is -0.488 e. The smallest absolute Gasteiger partial charge is 0.176 e. The van der Waals surface area contributed by atoms with E-state index in [4.69, 9.17) is 14.9 Å². The average molecular weight is 191 g/mol. The van der Waals surface area contributed by atoms with Gasteiger partial charge in [0.1, 0.15) is 12.4 Å². The van der Waals surface area contributed by atoms with Gasteiger partial charge in [-0.3, -0.25) is 0 Å². The number of para-hydroxylation sites is 1. The molecule has 0 atom stereocenters. The second-order valence-corrected chi connectivity index (χ2v) is 3.17. The number of benzene rings is 1. The van der Waals surface area contributed by atoms with Gasteiger partial charge in [0.25, 0.3) is 0 Å². The van der Waals surface area contributed by atoms with Crippen LogP contribution in [-0.4, -0.2) is 13.2 Å². The topological polar surface area (TPSA) is 48.4 Å². The molecular formula is C11H13NO2. The Balaban J connectivity index is 2.42. The molecule has 0 radical (unpaired) electrons. The van der Waals surface area contributed by atoms with E-state index in [1.165, 1.54) is 0 Å². The van der Waals surface area contributed by atoms with E-state index in [9.17, 15) is 0 Å². The number of furan rings is 1. The van der Waals surface area contributed by atoms with Crippen LogP contribution in [0.5, 0.6) is 5.75 Å². The van der Waals surface area contributed by atoms with Gasteiger partial charge < -0.3 is 14.9 Å². The maximum Gasteiger partial charge on any atom is 0.176 e. The van der Waals surface area contributed by atoms with E-state index in [1.54, 1.807) is 0 Å². The van der Waals surface area contributed by atoms with Gasteiger partial charge in [0.15, 0.2) is 11.3 Å². The summed E-state index contributed by atoms with van der Waals surface area (Å²) in [6, 6.07) is 7.83. The van der Waals surface area contributed by atoms with Crippen molar-refractivity contribution in [3.8, 4) is 5.75 Å². The summed E-state index contributed by atoms with van der Waals surface area (Å²) in [7, 11) is 0. The van der Waals surface area contributed by atoms with Crippen LogP contribution in [-0.2, 0) is 0 Å². The molecule has 0 aliphatic heterocycles. The maximum atomic E-state index is 5.53. The van der Waals surface area contributed by atoms with Gasteiger partial charge in [-0.15, -0.1) is 0 Å². The number of ether oxygens (including phenoxy) is 1. The zero-order valence-corrected chi connectivity index (χ0v) is 8.12. The minimum absolute atomic E-state index is 0.510. The molecule has 74 valence electrons. The highest BCUT2D eigenvalue weighted by Gasteiger charge is 2.06. The SMILES string of the molecule is Cc1cc2cccc(OCCN)c2o1. The average Bonchev–Trinajstić information content (AvgIpc) is 2.55. The zero-order valence-electron chi connectivity index (χ0n) is 8.12. The van der Waals surface area contributed by atoms with Crippen LogP contribution in [0.4, 0.5) is 0 Å². The summed E-state index contributed by atoms with van der Waals surface area (Å²) in [5.41, 5.74) is 6.17. The fraction of sp³-hybridized carbons (Fsp3) is 0.273. The maximum absolute atomic E-state index is 5.53. The number of fused-ring (bicyclic) bond motifs is 1. The molecule has 14 heavy (non-hydrogen) atoms. The molecule has 0 bridgehead atoms. The van der Waals surface area contributed by atoms with Crippen LogP contribution in [0, 0.1) is 6.92 Å². The fourth-order valence-corrected chi connectivity index (χ4v) is 1.45. The largest absolute Gasteiger partial charge is 0.488 e. The first kappa shape index (κ1) is 9.09. The van der Waals surface area contributed by atoms with Crippen LogP contribution in [0.1, 0.15) is 5.76 Å². The van der Waals surface area contributed by atoms with Crippen molar-refractivity contribution < 1.29 is 9.15 Å². The van der Waals surface area contributed by atoms with E-state index in [-0.39, 0.29) is 0 Å². The van der Waals surface area contributed by atoms with Crippen molar-refractivity contribution in [3.63, 3.8) is 0 Å². The summed E-state index contributed by atoms with van der Waals surface area (Å²) < 4.78 is 11.0. The number of hydrogen-bond acceptors (Lipinski definition) is 3. The normalized spacial score (nSPS) is 10.7. The lowest BCUT2D eigenvalue weighted by atomic mass is 10.2. The molecule has 1 heterocycles. The summed E-state index contributed by atoms with van der Waals surface area (Å²) in [4.78, 5) is 0. The van der Waals surface area contributed by atoms with E-state index in [0.29, 0.717) is 13.2 Å². The predicted molar refractivity (Wildman–Crippen MR) is 55.5 cm³/mol. The lowest BCUT2D eigenvalue weighted by Gasteiger charge is -2.03. The third-order valence-electron chi connectivity index (χ3n) is 2.01. The second kappa shape index (κ2) is 3.72. The van der Waals surface area contributed by atoms with E-state index in [2.05, 4.69) is 0 Å². The van der Waals surface area contributed by atoms with Gasteiger partial charge in [-0.05, 0) is 19.1 Å². The number of rotatable bonds is 3. The Bertz CT molecular complexity index is 434. The lowest BCUT2D eigenvalue weighted by molar-refractivity contribution is 0.326. The van der Waals surface area contributed by atoms with Gasteiger partial charge in [0.2, 0.25) is 0 Å². The monoisotopic (exact) mass is 191 g/mol. The highest BCUT2D eigenvalue weighted by atomic mass is 16.5. The zero-order chi connectivity index (χ0) is 9.97. The van der Waals surface area contributed by atoms with Crippen LogP contribution in [0.2, 0.25) is 0 Å². The van der Waals surface area contributed by atoms with Crippen LogP contribution in [0.3, 0.4) is 0 Å². The summed E-state index contributed by atoms with van der Waals surface area (Å²) in [5.74, 6) is 1.66. The van der Waals surface area contributed by atoms with Crippen molar-refractivity contribution in [1.82, 2.24) is 0 Å². The molecule has 2 N–H and O–H groups in total. The van der Waals surface area contributed by atoms with Crippen molar-refractivity contribution >= 4 is 11.0 Å². The molecule has 2 aromatic rings. The molecule has 2 rings (SSSR count). The Morgan fingerprint density at radius 3 is 3.07 bits per heavy atom.